The Morgan fingerprint density at radius 1 is 1.00 bits per heavy atom. The second-order valence-corrected chi connectivity index (χ2v) is 9.94. The lowest BCUT2D eigenvalue weighted by atomic mass is 10.1. The Labute approximate surface area is 231 Å². The maximum Gasteiger partial charge on any atom is 0.363 e. The molecule has 0 aromatic heterocycles. The molecule has 0 N–H and O–H groups in total. The van der Waals surface area contributed by atoms with Crippen LogP contribution in [0.2, 0.25) is 0 Å². The Kier molecular flexibility index (Phi) is 7.63. The molecule has 3 aromatic rings. The fraction of sp³-hybridized carbons (Fsp3) is 0.0833. The fourth-order valence-electron chi connectivity index (χ4n) is 3.30. The van der Waals surface area contributed by atoms with Gasteiger partial charge in [0.25, 0.3) is 11.4 Å². The number of nitro benzene ring substituents is 2. The summed E-state index contributed by atoms with van der Waals surface area (Å²) in [4.78, 5) is 37.7. The van der Waals surface area contributed by atoms with Crippen molar-refractivity contribution < 1.29 is 24.1 Å². The summed E-state index contributed by atoms with van der Waals surface area (Å²) in [6.07, 6.45) is 1.57. The van der Waals surface area contributed by atoms with E-state index in [4.69, 9.17) is 9.47 Å². The van der Waals surface area contributed by atoms with Crippen LogP contribution in [0.1, 0.15) is 22.3 Å². The second kappa shape index (κ2) is 10.7. The van der Waals surface area contributed by atoms with Crippen LogP contribution in [0, 0.1) is 34.3 Å². The minimum atomic E-state index is -0.656. The van der Waals surface area contributed by atoms with Crippen LogP contribution in [0.5, 0.6) is 5.75 Å². The third kappa shape index (κ3) is 5.70. The topological polar surface area (TPSA) is 134 Å². The highest BCUT2D eigenvalue weighted by Gasteiger charge is 2.26. The van der Waals surface area contributed by atoms with Crippen molar-refractivity contribution in [2.75, 3.05) is 0 Å². The number of non-ortho nitro benzene ring substituents is 1. The summed E-state index contributed by atoms with van der Waals surface area (Å²) in [5.41, 5.74) is 2.30. The minimum absolute atomic E-state index is 0.00166. The van der Waals surface area contributed by atoms with Gasteiger partial charge in [-0.25, -0.2) is 9.79 Å². The van der Waals surface area contributed by atoms with E-state index in [0.717, 1.165) is 12.7 Å². The molecular formula is C24H15I2N3O7. The Morgan fingerprint density at radius 2 is 1.67 bits per heavy atom. The molecule has 0 unspecified atom stereocenters. The maximum atomic E-state index is 12.4. The van der Waals surface area contributed by atoms with Gasteiger partial charge in [-0.2, -0.15) is 0 Å². The summed E-state index contributed by atoms with van der Waals surface area (Å²) in [5.74, 6) is -0.0135. The van der Waals surface area contributed by atoms with E-state index < -0.39 is 15.8 Å². The first-order valence-electron chi connectivity index (χ1n) is 10.3. The fourth-order valence-corrected chi connectivity index (χ4v) is 5.43. The number of nitrogens with zero attached hydrogens (tertiary/aromatic N) is 3. The number of carbonyl (C=O) groups excluding carboxylic acids is 1. The Morgan fingerprint density at radius 3 is 2.28 bits per heavy atom. The summed E-state index contributed by atoms with van der Waals surface area (Å²) in [6, 6.07) is 14.3. The molecule has 36 heavy (non-hydrogen) atoms. The lowest BCUT2D eigenvalue weighted by Gasteiger charge is -2.11. The van der Waals surface area contributed by atoms with Crippen LogP contribution in [0.15, 0.2) is 65.3 Å². The van der Waals surface area contributed by atoms with Crippen molar-refractivity contribution in [1.82, 2.24) is 0 Å². The number of esters is 1. The highest BCUT2D eigenvalue weighted by atomic mass is 127. The Hall–Kier alpha value is -3.40. The number of halogens is 2. The van der Waals surface area contributed by atoms with E-state index in [1.165, 1.54) is 18.2 Å². The van der Waals surface area contributed by atoms with Crippen molar-refractivity contribution >= 4 is 74.5 Å². The van der Waals surface area contributed by atoms with Gasteiger partial charge in [0, 0.05) is 29.3 Å². The highest BCUT2D eigenvalue weighted by molar-refractivity contribution is 14.1. The molecule has 0 spiro atoms. The lowest BCUT2D eigenvalue weighted by molar-refractivity contribution is -0.385. The molecule has 182 valence electrons. The van der Waals surface area contributed by atoms with Crippen LogP contribution in [0.3, 0.4) is 0 Å². The second-order valence-electron chi connectivity index (χ2n) is 7.62. The monoisotopic (exact) mass is 711 g/mol. The average Bonchev–Trinajstić information content (AvgIpc) is 3.18. The number of nitro groups is 2. The zero-order valence-electron chi connectivity index (χ0n) is 18.4. The van der Waals surface area contributed by atoms with Gasteiger partial charge in [-0.3, -0.25) is 20.2 Å². The summed E-state index contributed by atoms with van der Waals surface area (Å²) in [7, 11) is 0. The molecule has 1 aliphatic heterocycles. The molecule has 0 radical (unpaired) electrons. The minimum Gasteiger partial charge on any atom is -0.487 e. The molecule has 0 saturated heterocycles. The van der Waals surface area contributed by atoms with Gasteiger partial charge in [0.05, 0.1) is 17.0 Å². The van der Waals surface area contributed by atoms with Gasteiger partial charge >= 0.3 is 5.97 Å². The number of cyclic esters (lactones) is 1. The van der Waals surface area contributed by atoms with E-state index in [-0.39, 0.29) is 29.6 Å². The van der Waals surface area contributed by atoms with Gasteiger partial charge in [0.15, 0.2) is 5.70 Å². The molecule has 0 aliphatic carbocycles. The molecule has 0 saturated carbocycles. The van der Waals surface area contributed by atoms with E-state index in [1.807, 2.05) is 12.1 Å². The number of carbonyl (C=O) groups is 1. The number of benzene rings is 3. The van der Waals surface area contributed by atoms with Crippen LogP contribution >= 0.6 is 45.2 Å². The third-order valence-electron chi connectivity index (χ3n) is 5.13. The quantitative estimate of drug-likeness (QED) is 0.0974. The SMILES string of the molecule is Cc1ccc(C2=N/C(=C\c3cc(I)c(OCc4ccc([N+](=O)[O-])cc4)c(I)c3)C(=O)O2)cc1[N+](=O)[O-]. The molecule has 12 heteroatoms. The zero-order valence-corrected chi connectivity index (χ0v) is 22.8. The first-order valence-corrected chi connectivity index (χ1v) is 12.4. The average molecular weight is 711 g/mol. The zero-order chi connectivity index (χ0) is 26.0. The number of rotatable bonds is 7. The highest BCUT2D eigenvalue weighted by Crippen LogP contribution is 2.31. The van der Waals surface area contributed by atoms with E-state index in [9.17, 15) is 25.0 Å². The van der Waals surface area contributed by atoms with E-state index >= 15 is 0 Å². The van der Waals surface area contributed by atoms with Gasteiger partial charge in [-0.05, 0) is 99.6 Å². The van der Waals surface area contributed by atoms with Crippen molar-refractivity contribution in [3.63, 3.8) is 0 Å². The number of ether oxygens (including phenoxy) is 2. The predicted molar refractivity (Wildman–Crippen MR) is 148 cm³/mol. The number of hydrogen-bond donors (Lipinski definition) is 0. The van der Waals surface area contributed by atoms with Crippen molar-refractivity contribution in [3.05, 3.63) is 110 Å². The number of aliphatic imine (C=N–C) groups is 1. The molecular weight excluding hydrogens is 696 g/mol. The standard InChI is InChI=1S/C24H15I2N3O7/c1-13-2-5-16(11-21(13)29(33)34)23-27-20(24(30)36-23)10-15-8-18(25)22(19(26)9-15)35-12-14-3-6-17(7-4-14)28(31)32/h2-11H,12H2,1H3/b20-10-. The van der Waals surface area contributed by atoms with E-state index in [2.05, 4.69) is 50.2 Å². The molecule has 0 fully saturated rings. The summed E-state index contributed by atoms with van der Waals surface area (Å²) < 4.78 is 12.8. The molecule has 0 bridgehead atoms. The van der Waals surface area contributed by atoms with Gasteiger partial charge in [0.1, 0.15) is 12.4 Å². The van der Waals surface area contributed by atoms with Crippen LogP contribution < -0.4 is 4.74 Å². The molecule has 3 aromatic carbocycles. The van der Waals surface area contributed by atoms with Crippen LogP contribution in [-0.2, 0) is 16.1 Å². The van der Waals surface area contributed by atoms with Crippen molar-refractivity contribution in [3.8, 4) is 5.75 Å². The molecule has 10 nitrogen and oxygen atoms in total. The number of hydrogen-bond acceptors (Lipinski definition) is 8. The smallest absolute Gasteiger partial charge is 0.363 e. The predicted octanol–water partition coefficient (Wildman–Crippen LogP) is 5.94. The van der Waals surface area contributed by atoms with E-state index in [0.29, 0.717) is 22.4 Å². The van der Waals surface area contributed by atoms with Crippen LogP contribution in [0.25, 0.3) is 6.08 Å². The largest absolute Gasteiger partial charge is 0.487 e. The van der Waals surface area contributed by atoms with Crippen molar-refractivity contribution in [2.24, 2.45) is 4.99 Å². The first kappa shape index (κ1) is 25.7. The van der Waals surface area contributed by atoms with Gasteiger partial charge < -0.3 is 9.47 Å². The molecule has 1 aliphatic rings. The van der Waals surface area contributed by atoms with Crippen molar-refractivity contribution in [2.45, 2.75) is 13.5 Å². The third-order valence-corrected chi connectivity index (χ3v) is 6.73. The van der Waals surface area contributed by atoms with Crippen molar-refractivity contribution in [1.29, 1.82) is 0 Å². The lowest BCUT2D eigenvalue weighted by Crippen LogP contribution is -2.06. The summed E-state index contributed by atoms with van der Waals surface area (Å²) in [6.45, 7) is 1.85. The maximum absolute atomic E-state index is 12.4. The van der Waals surface area contributed by atoms with Gasteiger partial charge in [-0.1, -0.05) is 6.07 Å². The summed E-state index contributed by atoms with van der Waals surface area (Å²) in [5, 5.41) is 22.0. The van der Waals surface area contributed by atoms with Gasteiger partial charge in [0.2, 0.25) is 5.90 Å². The van der Waals surface area contributed by atoms with Crippen LogP contribution in [0.4, 0.5) is 11.4 Å². The molecule has 4 rings (SSSR count). The van der Waals surface area contributed by atoms with Gasteiger partial charge in [-0.15, -0.1) is 0 Å². The summed E-state index contributed by atoms with van der Waals surface area (Å²) >= 11 is 4.24. The Balaban J connectivity index is 1.54. The Bertz CT molecular complexity index is 1440. The molecule has 1 heterocycles. The molecule has 0 atom stereocenters. The van der Waals surface area contributed by atoms with Crippen LogP contribution in [-0.4, -0.2) is 21.7 Å². The first-order chi connectivity index (χ1) is 17.1. The van der Waals surface area contributed by atoms with E-state index in [1.54, 1.807) is 37.3 Å². The number of aryl methyl sites for hydroxylation is 1. The molecule has 0 amide bonds. The normalized spacial score (nSPS) is 13.9.